The average molecular weight is 261 g/mol. The van der Waals surface area contributed by atoms with E-state index in [0.29, 0.717) is 0 Å². The predicted octanol–water partition coefficient (Wildman–Crippen LogP) is 3.63. The van der Waals surface area contributed by atoms with Gasteiger partial charge < -0.3 is 10.6 Å². The normalized spacial score (nSPS) is 12.4. The van der Waals surface area contributed by atoms with Crippen molar-refractivity contribution in [3.63, 3.8) is 0 Å². The number of nitrogens with two attached hydrogens (primary N) is 1. The van der Waals surface area contributed by atoms with Gasteiger partial charge in [-0.2, -0.15) is 0 Å². The molecule has 1 atom stereocenters. The molecular weight excluding hydrogens is 242 g/mol. The van der Waals surface area contributed by atoms with E-state index in [0.717, 1.165) is 16.6 Å². The van der Waals surface area contributed by atoms with Crippen LogP contribution in [0.1, 0.15) is 30.3 Å². The summed E-state index contributed by atoms with van der Waals surface area (Å²) in [6, 6.07) is 8.52. The zero-order valence-electron chi connectivity index (χ0n) is 11.1. The predicted molar refractivity (Wildman–Crippen MR) is 78.6 cm³/mol. The van der Waals surface area contributed by atoms with E-state index in [1.165, 1.54) is 11.3 Å². The van der Waals surface area contributed by atoms with Gasteiger partial charge in [-0.05, 0) is 38.5 Å². The van der Waals surface area contributed by atoms with Gasteiger partial charge in [-0.1, -0.05) is 23.5 Å². The summed E-state index contributed by atoms with van der Waals surface area (Å²) in [6.45, 7) is 7.12. The number of rotatable bonds is 4. The van der Waals surface area contributed by atoms with Gasteiger partial charge in [-0.15, -0.1) is 0 Å². The minimum atomic E-state index is 0.0486. The Bertz CT molecular complexity index is 519. The Morgan fingerprint density at radius 2 is 2.22 bits per heavy atom. The van der Waals surface area contributed by atoms with E-state index in [-0.39, 0.29) is 6.04 Å². The van der Waals surface area contributed by atoms with Gasteiger partial charge in [0, 0.05) is 29.3 Å². The van der Waals surface area contributed by atoms with Crippen LogP contribution in [-0.4, -0.2) is 11.5 Å². The fraction of sp³-hybridized carbons (Fsp3) is 0.357. The van der Waals surface area contributed by atoms with Crippen LogP contribution < -0.4 is 10.6 Å². The van der Waals surface area contributed by atoms with Gasteiger partial charge in [0.05, 0.1) is 0 Å². The maximum absolute atomic E-state index is 5.88. The molecule has 0 aliphatic heterocycles. The SMILES string of the molecule is CCN(c1cccc(C)c1)c1ncc(C(C)N)s1. The summed E-state index contributed by atoms with van der Waals surface area (Å²) < 4.78 is 0. The molecule has 1 aromatic carbocycles. The number of anilines is 2. The molecule has 2 aromatic rings. The zero-order valence-corrected chi connectivity index (χ0v) is 11.9. The Balaban J connectivity index is 2.33. The average Bonchev–Trinajstić information content (AvgIpc) is 2.80. The second-order valence-electron chi connectivity index (χ2n) is 4.42. The van der Waals surface area contributed by atoms with E-state index in [2.05, 4.69) is 48.0 Å². The first-order chi connectivity index (χ1) is 8.61. The van der Waals surface area contributed by atoms with Crippen LogP contribution in [0, 0.1) is 6.92 Å². The number of aryl methyl sites for hydroxylation is 1. The van der Waals surface area contributed by atoms with Gasteiger partial charge in [0.15, 0.2) is 5.13 Å². The lowest BCUT2D eigenvalue weighted by atomic mass is 10.2. The van der Waals surface area contributed by atoms with Gasteiger partial charge in [0.2, 0.25) is 0 Å². The monoisotopic (exact) mass is 261 g/mol. The van der Waals surface area contributed by atoms with Gasteiger partial charge in [-0.25, -0.2) is 4.98 Å². The van der Waals surface area contributed by atoms with Gasteiger partial charge in [0.1, 0.15) is 0 Å². The molecule has 18 heavy (non-hydrogen) atoms. The van der Waals surface area contributed by atoms with Crippen LogP contribution in [0.3, 0.4) is 0 Å². The summed E-state index contributed by atoms with van der Waals surface area (Å²) >= 11 is 1.66. The molecule has 0 bridgehead atoms. The molecular formula is C14H19N3S. The first kappa shape index (κ1) is 13.1. The summed E-state index contributed by atoms with van der Waals surface area (Å²) in [7, 11) is 0. The van der Waals surface area contributed by atoms with Crippen molar-refractivity contribution >= 4 is 22.2 Å². The van der Waals surface area contributed by atoms with Crippen LogP contribution in [0.5, 0.6) is 0 Å². The fourth-order valence-electron chi connectivity index (χ4n) is 1.84. The summed E-state index contributed by atoms with van der Waals surface area (Å²) in [4.78, 5) is 7.81. The van der Waals surface area contributed by atoms with E-state index < -0.39 is 0 Å². The highest BCUT2D eigenvalue weighted by Gasteiger charge is 2.13. The van der Waals surface area contributed by atoms with E-state index >= 15 is 0 Å². The van der Waals surface area contributed by atoms with Crippen LogP contribution in [0.15, 0.2) is 30.5 Å². The second-order valence-corrected chi connectivity index (χ2v) is 5.46. The molecule has 0 spiro atoms. The molecule has 4 heteroatoms. The Hall–Kier alpha value is -1.39. The van der Waals surface area contributed by atoms with Gasteiger partial charge in [-0.3, -0.25) is 0 Å². The lowest BCUT2D eigenvalue weighted by Gasteiger charge is -2.20. The fourth-order valence-corrected chi connectivity index (χ4v) is 2.79. The van der Waals surface area contributed by atoms with Crippen molar-refractivity contribution in [3.05, 3.63) is 40.9 Å². The Kier molecular flexibility index (Phi) is 3.99. The zero-order chi connectivity index (χ0) is 13.1. The number of benzene rings is 1. The van der Waals surface area contributed by atoms with Crippen molar-refractivity contribution < 1.29 is 0 Å². The quantitative estimate of drug-likeness (QED) is 0.914. The Labute approximate surface area is 112 Å². The molecule has 2 N–H and O–H groups in total. The highest BCUT2D eigenvalue weighted by Crippen LogP contribution is 2.31. The molecule has 96 valence electrons. The molecule has 0 fully saturated rings. The standard InChI is InChI=1S/C14H19N3S/c1-4-17(12-7-5-6-10(2)8-12)14-16-9-13(18-14)11(3)15/h5-9,11H,4,15H2,1-3H3. The largest absolute Gasteiger partial charge is 0.323 e. The molecule has 0 radical (unpaired) electrons. The van der Waals surface area contributed by atoms with Crippen LogP contribution in [0.2, 0.25) is 0 Å². The minimum Gasteiger partial charge on any atom is -0.323 e. The van der Waals surface area contributed by atoms with Crippen molar-refractivity contribution in [2.24, 2.45) is 5.73 Å². The molecule has 0 saturated heterocycles. The van der Waals surface area contributed by atoms with E-state index in [9.17, 15) is 0 Å². The van der Waals surface area contributed by atoms with Crippen molar-refractivity contribution in [2.75, 3.05) is 11.4 Å². The van der Waals surface area contributed by atoms with E-state index in [1.807, 2.05) is 13.1 Å². The lowest BCUT2D eigenvalue weighted by Crippen LogP contribution is -2.15. The molecule has 0 aliphatic rings. The topological polar surface area (TPSA) is 42.2 Å². The van der Waals surface area contributed by atoms with Crippen molar-refractivity contribution in [3.8, 4) is 0 Å². The van der Waals surface area contributed by atoms with Crippen molar-refractivity contribution in [2.45, 2.75) is 26.8 Å². The second kappa shape index (κ2) is 5.50. The maximum Gasteiger partial charge on any atom is 0.190 e. The smallest absolute Gasteiger partial charge is 0.190 e. The van der Waals surface area contributed by atoms with Gasteiger partial charge in [0.25, 0.3) is 0 Å². The van der Waals surface area contributed by atoms with Crippen molar-refractivity contribution in [1.82, 2.24) is 4.98 Å². The number of hydrogen-bond acceptors (Lipinski definition) is 4. The summed E-state index contributed by atoms with van der Waals surface area (Å²) in [5, 5.41) is 1.01. The molecule has 0 amide bonds. The number of hydrogen-bond donors (Lipinski definition) is 1. The minimum absolute atomic E-state index is 0.0486. The third-order valence-electron chi connectivity index (χ3n) is 2.82. The summed E-state index contributed by atoms with van der Waals surface area (Å²) in [5.41, 5.74) is 8.33. The molecule has 1 aromatic heterocycles. The lowest BCUT2D eigenvalue weighted by molar-refractivity contribution is 0.835. The third-order valence-corrected chi connectivity index (χ3v) is 4.04. The van der Waals surface area contributed by atoms with Crippen LogP contribution >= 0.6 is 11.3 Å². The van der Waals surface area contributed by atoms with Crippen LogP contribution in [0.4, 0.5) is 10.8 Å². The highest BCUT2D eigenvalue weighted by atomic mass is 32.1. The van der Waals surface area contributed by atoms with E-state index in [1.54, 1.807) is 11.3 Å². The first-order valence-electron chi connectivity index (χ1n) is 6.17. The Morgan fingerprint density at radius 3 is 2.78 bits per heavy atom. The van der Waals surface area contributed by atoms with Gasteiger partial charge >= 0.3 is 0 Å². The Morgan fingerprint density at radius 1 is 1.44 bits per heavy atom. The first-order valence-corrected chi connectivity index (χ1v) is 6.99. The molecule has 3 nitrogen and oxygen atoms in total. The molecule has 0 saturated carbocycles. The van der Waals surface area contributed by atoms with E-state index in [4.69, 9.17) is 5.73 Å². The molecule has 1 unspecified atom stereocenters. The third kappa shape index (κ3) is 2.71. The number of aromatic nitrogens is 1. The number of thiazole rings is 1. The highest BCUT2D eigenvalue weighted by molar-refractivity contribution is 7.15. The van der Waals surface area contributed by atoms with Crippen molar-refractivity contribution in [1.29, 1.82) is 0 Å². The maximum atomic E-state index is 5.88. The summed E-state index contributed by atoms with van der Waals surface area (Å²) in [5.74, 6) is 0. The molecule has 1 heterocycles. The van der Waals surface area contributed by atoms with Crippen LogP contribution in [0.25, 0.3) is 0 Å². The summed E-state index contributed by atoms with van der Waals surface area (Å²) in [6.07, 6.45) is 1.88. The van der Waals surface area contributed by atoms with Crippen LogP contribution in [-0.2, 0) is 0 Å². The molecule has 0 aliphatic carbocycles. The molecule has 2 rings (SSSR count). The number of nitrogens with zero attached hydrogens (tertiary/aromatic N) is 2.